The molecule has 2 aromatic rings. The second-order valence-electron chi connectivity index (χ2n) is 6.16. The van der Waals surface area contributed by atoms with Gasteiger partial charge in [0.15, 0.2) is 0 Å². The van der Waals surface area contributed by atoms with Crippen LogP contribution >= 0.6 is 0 Å². The number of nitrogens with two attached hydrogens (primary N) is 1. The first kappa shape index (κ1) is 18.6. The molecule has 0 fully saturated rings. The minimum Gasteiger partial charge on any atom is -0.440 e. The Hall–Kier alpha value is -3.21. The van der Waals surface area contributed by atoms with Crippen LogP contribution in [0.25, 0.3) is 0 Å². The number of aromatic nitrogens is 1. The summed E-state index contributed by atoms with van der Waals surface area (Å²) in [6.07, 6.45) is -4.48. The number of allylic oxidation sites excluding steroid dienone is 1. The largest absolute Gasteiger partial charge is 0.440 e. The molecule has 27 heavy (non-hydrogen) atoms. The summed E-state index contributed by atoms with van der Waals surface area (Å²) in [6.45, 7) is 3.94. The average molecular weight is 375 g/mol. The predicted octanol–water partition coefficient (Wildman–Crippen LogP) is 3.41. The van der Waals surface area contributed by atoms with E-state index in [4.69, 9.17) is 10.5 Å². The normalized spacial score (nSPS) is 16.5. The molecule has 0 radical (unpaired) electrons. The van der Waals surface area contributed by atoms with E-state index in [0.29, 0.717) is 17.8 Å². The topological polar surface area (TPSA) is 81.0 Å². The van der Waals surface area contributed by atoms with Gasteiger partial charge in [-0.3, -0.25) is 4.79 Å². The van der Waals surface area contributed by atoms with Crippen LogP contribution in [-0.4, -0.2) is 4.57 Å². The fraction of sp³-hybridized carbons (Fsp3) is 0.263. The van der Waals surface area contributed by atoms with E-state index in [0.717, 1.165) is 12.1 Å². The number of ether oxygens (including phenoxy) is 1. The van der Waals surface area contributed by atoms with Gasteiger partial charge in [0.25, 0.3) is 5.56 Å². The standard InChI is InChI=1S/C19H16F3N3O2/c1-3-25-10(2)8-14-16(18(25)26)15(13(9-23)17(24)27-14)11-4-6-12(7-5-11)19(20,21)22/h4-8,15H,3,24H2,1-2H3/t15-/m1/s1. The molecule has 140 valence electrons. The molecule has 1 aromatic carbocycles. The van der Waals surface area contributed by atoms with E-state index in [1.54, 1.807) is 19.9 Å². The van der Waals surface area contributed by atoms with Gasteiger partial charge in [-0.1, -0.05) is 12.1 Å². The number of hydrogen-bond acceptors (Lipinski definition) is 4. The average Bonchev–Trinajstić information content (AvgIpc) is 2.60. The summed E-state index contributed by atoms with van der Waals surface area (Å²) in [4.78, 5) is 13.0. The Morgan fingerprint density at radius 1 is 1.30 bits per heavy atom. The quantitative estimate of drug-likeness (QED) is 0.872. The van der Waals surface area contributed by atoms with Gasteiger partial charge in [0, 0.05) is 18.3 Å². The highest BCUT2D eigenvalue weighted by atomic mass is 19.4. The summed E-state index contributed by atoms with van der Waals surface area (Å²) < 4.78 is 45.6. The number of nitrogens with zero attached hydrogens (tertiary/aromatic N) is 2. The number of halogens is 3. The molecule has 1 aliphatic heterocycles. The highest BCUT2D eigenvalue weighted by Gasteiger charge is 2.35. The van der Waals surface area contributed by atoms with Gasteiger partial charge in [0.1, 0.15) is 17.4 Å². The Morgan fingerprint density at radius 3 is 2.44 bits per heavy atom. The molecule has 1 atom stereocenters. The molecule has 2 heterocycles. The summed E-state index contributed by atoms with van der Waals surface area (Å²) in [6, 6.07) is 7.91. The van der Waals surface area contributed by atoms with Crippen molar-refractivity contribution < 1.29 is 17.9 Å². The number of pyridine rings is 1. The van der Waals surface area contributed by atoms with Crippen molar-refractivity contribution in [3.8, 4) is 11.8 Å². The van der Waals surface area contributed by atoms with E-state index in [2.05, 4.69) is 0 Å². The molecular weight excluding hydrogens is 359 g/mol. The molecule has 2 N–H and O–H groups in total. The first-order valence-corrected chi connectivity index (χ1v) is 8.18. The van der Waals surface area contributed by atoms with Crippen LogP contribution in [0.3, 0.4) is 0 Å². The first-order valence-electron chi connectivity index (χ1n) is 8.18. The molecule has 0 saturated heterocycles. The van der Waals surface area contributed by atoms with Crippen molar-refractivity contribution in [2.45, 2.75) is 32.5 Å². The van der Waals surface area contributed by atoms with Gasteiger partial charge < -0.3 is 15.0 Å². The molecule has 1 aliphatic rings. The lowest BCUT2D eigenvalue weighted by Crippen LogP contribution is -2.32. The van der Waals surface area contributed by atoms with E-state index in [1.165, 1.54) is 16.7 Å². The van der Waals surface area contributed by atoms with Gasteiger partial charge in [0.2, 0.25) is 5.88 Å². The number of nitriles is 1. The second-order valence-corrected chi connectivity index (χ2v) is 6.16. The molecule has 8 heteroatoms. The number of hydrogen-bond donors (Lipinski definition) is 1. The minimum atomic E-state index is -4.48. The Morgan fingerprint density at radius 2 is 1.93 bits per heavy atom. The van der Waals surface area contributed by atoms with E-state index >= 15 is 0 Å². The summed E-state index contributed by atoms with van der Waals surface area (Å²) in [5.41, 5.74) is 5.86. The van der Waals surface area contributed by atoms with Crippen molar-refractivity contribution in [2.75, 3.05) is 0 Å². The summed E-state index contributed by atoms with van der Waals surface area (Å²) in [5.74, 6) is -0.849. The summed E-state index contributed by atoms with van der Waals surface area (Å²) in [5, 5.41) is 9.52. The Balaban J connectivity index is 2.26. The smallest absolute Gasteiger partial charge is 0.416 e. The zero-order chi connectivity index (χ0) is 19.9. The lowest BCUT2D eigenvalue weighted by Gasteiger charge is -2.27. The fourth-order valence-corrected chi connectivity index (χ4v) is 3.28. The van der Waals surface area contributed by atoms with Crippen molar-refractivity contribution in [1.82, 2.24) is 4.57 Å². The maximum Gasteiger partial charge on any atom is 0.416 e. The van der Waals surface area contributed by atoms with E-state index in [-0.39, 0.29) is 28.3 Å². The van der Waals surface area contributed by atoms with Crippen LogP contribution in [0.2, 0.25) is 0 Å². The third kappa shape index (κ3) is 3.05. The number of fused-ring (bicyclic) bond motifs is 1. The Bertz CT molecular complexity index is 1030. The Kier molecular flexibility index (Phi) is 4.47. The molecule has 3 rings (SSSR count). The van der Waals surface area contributed by atoms with Crippen LogP contribution in [0.15, 0.2) is 46.6 Å². The maximum absolute atomic E-state index is 13.0. The lowest BCUT2D eigenvalue weighted by molar-refractivity contribution is -0.137. The van der Waals surface area contributed by atoms with Gasteiger partial charge >= 0.3 is 6.18 Å². The fourth-order valence-electron chi connectivity index (χ4n) is 3.28. The zero-order valence-electron chi connectivity index (χ0n) is 14.6. The number of rotatable bonds is 2. The van der Waals surface area contributed by atoms with Gasteiger partial charge in [-0.2, -0.15) is 18.4 Å². The van der Waals surface area contributed by atoms with Gasteiger partial charge in [0.05, 0.1) is 17.0 Å². The maximum atomic E-state index is 13.0. The first-order chi connectivity index (χ1) is 12.7. The third-order valence-electron chi connectivity index (χ3n) is 4.58. The van der Waals surface area contributed by atoms with Crippen LogP contribution in [0.5, 0.6) is 5.75 Å². The van der Waals surface area contributed by atoms with Crippen molar-refractivity contribution in [1.29, 1.82) is 5.26 Å². The molecule has 0 saturated carbocycles. The lowest BCUT2D eigenvalue weighted by atomic mass is 9.83. The van der Waals surface area contributed by atoms with Crippen LogP contribution in [0.1, 0.15) is 35.2 Å². The van der Waals surface area contributed by atoms with Gasteiger partial charge in [-0.05, 0) is 31.5 Å². The SMILES string of the molecule is CCn1c(C)cc2c(c1=O)[C@H](c1ccc(C(F)(F)F)cc1)C(C#N)=C(N)O2. The molecule has 0 bridgehead atoms. The minimum absolute atomic E-state index is 0.00846. The monoisotopic (exact) mass is 375 g/mol. The van der Waals surface area contributed by atoms with E-state index < -0.39 is 17.7 Å². The second kappa shape index (κ2) is 6.50. The Labute approximate surface area is 153 Å². The van der Waals surface area contributed by atoms with E-state index in [9.17, 15) is 23.2 Å². The molecule has 5 nitrogen and oxygen atoms in total. The highest BCUT2D eigenvalue weighted by Crippen LogP contribution is 2.41. The molecule has 0 spiro atoms. The van der Waals surface area contributed by atoms with Crippen molar-refractivity contribution in [3.63, 3.8) is 0 Å². The van der Waals surface area contributed by atoms with Gasteiger partial charge in [-0.15, -0.1) is 0 Å². The summed E-state index contributed by atoms with van der Waals surface area (Å²) >= 11 is 0. The molecule has 0 amide bonds. The molecule has 1 aromatic heterocycles. The van der Waals surface area contributed by atoms with Gasteiger partial charge in [-0.25, -0.2) is 0 Å². The summed E-state index contributed by atoms with van der Waals surface area (Å²) in [7, 11) is 0. The van der Waals surface area contributed by atoms with Crippen molar-refractivity contribution in [3.05, 3.63) is 74.5 Å². The highest BCUT2D eigenvalue weighted by molar-refractivity contribution is 5.55. The zero-order valence-corrected chi connectivity index (χ0v) is 14.6. The van der Waals surface area contributed by atoms with Crippen molar-refractivity contribution in [2.24, 2.45) is 5.73 Å². The third-order valence-corrected chi connectivity index (χ3v) is 4.58. The van der Waals surface area contributed by atoms with Crippen molar-refractivity contribution >= 4 is 0 Å². The van der Waals surface area contributed by atoms with Crippen LogP contribution in [0, 0.1) is 18.3 Å². The molecule has 0 aliphatic carbocycles. The predicted molar refractivity (Wildman–Crippen MR) is 91.9 cm³/mol. The number of aryl methyl sites for hydroxylation is 1. The van der Waals surface area contributed by atoms with E-state index in [1.807, 2.05) is 6.07 Å². The number of benzene rings is 1. The molecule has 0 unspecified atom stereocenters. The van der Waals surface area contributed by atoms with Crippen LogP contribution in [0.4, 0.5) is 13.2 Å². The molecular formula is C19H16F3N3O2. The van der Waals surface area contributed by atoms with Crippen LogP contribution < -0.4 is 16.0 Å². The number of alkyl halides is 3. The van der Waals surface area contributed by atoms with Crippen LogP contribution in [-0.2, 0) is 12.7 Å².